The van der Waals surface area contributed by atoms with Crippen LogP contribution in [0.5, 0.6) is 11.5 Å². The summed E-state index contributed by atoms with van der Waals surface area (Å²) in [6.07, 6.45) is -0.661. The summed E-state index contributed by atoms with van der Waals surface area (Å²) in [5.74, 6) is 0.212. The molecular weight excluding hydrogens is 832 g/mol. The first kappa shape index (κ1) is 45.0. The van der Waals surface area contributed by atoms with Crippen molar-refractivity contribution >= 4 is 23.8 Å². The maximum Gasteiger partial charge on any atom is 0.433 e. The Kier molecular flexibility index (Phi) is 14.1. The predicted octanol–water partition coefficient (Wildman–Crippen LogP) is 7.77. The number of carboxylic acids is 1. The monoisotopic (exact) mass is 879 g/mol. The van der Waals surface area contributed by atoms with Crippen LogP contribution in [-0.4, -0.2) is 79.9 Å². The van der Waals surface area contributed by atoms with Crippen LogP contribution in [0.1, 0.15) is 40.9 Å². The van der Waals surface area contributed by atoms with Crippen LogP contribution < -0.4 is 14.5 Å². The quantitative estimate of drug-likeness (QED) is 0.108. The van der Waals surface area contributed by atoms with Gasteiger partial charge in [-0.25, -0.2) is 24.9 Å². The fourth-order valence-corrected chi connectivity index (χ4v) is 7.90. The first-order valence-corrected chi connectivity index (χ1v) is 20.8. The fraction of sp³-hybridized carbons (Fsp3) is 0.340. The Hall–Kier alpha value is -7.04. The average Bonchev–Trinajstić information content (AvgIpc) is 4.02. The maximum atomic E-state index is 13.1. The Labute approximate surface area is 367 Å². The molecule has 4 atom stereocenters. The first-order chi connectivity index (χ1) is 30.7. The van der Waals surface area contributed by atoms with Gasteiger partial charge in [0.05, 0.1) is 18.4 Å². The summed E-state index contributed by atoms with van der Waals surface area (Å²) in [4.78, 5) is 48.8. The second-order valence-corrected chi connectivity index (χ2v) is 15.8. The number of aromatic hydroxyl groups is 1. The number of phenolic OH excluding ortho intramolecular Hbond substituents is 1. The molecule has 2 fully saturated rings. The molecule has 0 saturated carbocycles. The molecule has 2 aliphatic heterocycles. The summed E-state index contributed by atoms with van der Waals surface area (Å²) in [7, 11) is 0. The van der Waals surface area contributed by atoms with Crippen molar-refractivity contribution in [1.29, 1.82) is 0 Å². The molecule has 17 heteroatoms. The Bertz CT molecular complexity index is 2510. The molecule has 5 heterocycles. The van der Waals surface area contributed by atoms with Crippen molar-refractivity contribution in [3.05, 3.63) is 137 Å². The Morgan fingerprint density at radius 1 is 0.766 bits per heavy atom. The number of oxazole rings is 1. The molecule has 64 heavy (non-hydrogen) atoms. The van der Waals surface area contributed by atoms with E-state index in [1.54, 1.807) is 30.5 Å². The molecular formula is C47H48F3N7O7. The number of benzene rings is 3. The number of aromatic nitrogens is 5. The number of carbonyl (C=O) groups excluding carboxylic acids is 1. The number of carbonyl (C=O) groups is 2. The van der Waals surface area contributed by atoms with Crippen molar-refractivity contribution in [2.75, 3.05) is 42.6 Å². The Morgan fingerprint density at radius 3 is 1.97 bits per heavy atom. The summed E-state index contributed by atoms with van der Waals surface area (Å²) in [5, 5.41) is 19.2. The second kappa shape index (κ2) is 20.0. The van der Waals surface area contributed by atoms with Crippen LogP contribution in [0.2, 0.25) is 0 Å². The van der Waals surface area contributed by atoms with E-state index in [2.05, 4.69) is 29.8 Å². The topological polar surface area (TPSA) is 177 Å². The normalized spacial score (nSPS) is 18.3. The van der Waals surface area contributed by atoms with Crippen LogP contribution in [0.25, 0.3) is 11.5 Å². The minimum absolute atomic E-state index is 0.0323. The SMILES string of the molecule is CCOC(=O)[C@H]1CN(c2nccc(C)n2)C[C@H]1Cc1ccc(O)cc1.Cc1oc(-c2ccccc2)nc1COc1ccc(C[C@@H]2CN(c3nccc(C(F)(F)F)n3)C[C@@H]2C(=O)O)cc1. The molecule has 8 rings (SSSR count). The van der Waals surface area contributed by atoms with Gasteiger partial charge in [0.25, 0.3) is 0 Å². The third kappa shape index (κ3) is 11.3. The Balaban J connectivity index is 0.000000211. The van der Waals surface area contributed by atoms with Crippen LogP contribution in [0.3, 0.4) is 0 Å². The van der Waals surface area contributed by atoms with Crippen molar-refractivity contribution in [3.8, 4) is 23.0 Å². The molecule has 6 aromatic rings. The lowest BCUT2D eigenvalue weighted by Gasteiger charge is -2.17. The fourth-order valence-electron chi connectivity index (χ4n) is 7.90. The van der Waals surface area contributed by atoms with E-state index in [0.29, 0.717) is 55.2 Å². The molecule has 0 bridgehead atoms. The van der Waals surface area contributed by atoms with Crippen molar-refractivity contribution in [3.63, 3.8) is 0 Å². The van der Waals surface area contributed by atoms with Crippen LogP contribution in [0.4, 0.5) is 25.1 Å². The van der Waals surface area contributed by atoms with Gasteiger partial charge < -0.3 is 33.9 Å². The van der Waals surface area contributed by atoms with Gasteiger partial charge in [-0.15, -0.1) is 0 Å². The Morgan fingerprint density at radius 2 is 1.36 bits per heavy atom. The van der Waals surface area contributed by atoms with Gasteiger partial charge in [0.1, 0.15) is 35.3 Å². The van der Waals surface area contributed by atoms with E-state index in [9.17, 15) is 33.0 Å². The number of rotatable bonds is 13. The highest BCUT2D eigenvalue weighted by Gasteiger charge is 2.41. The number of halogens is 3. The number of alkyl halides is 3. The zero-order chi connectivity index (χ0) is 45.4. The molecule has 2 aliphatic rings. The van der Waals surface area contributed by atoms with Gasteiger partial charge in [-0.3, -0.25) is 9.59 Å². The largest absolute Gasteiger partial charge is 0.508 e. The van der Waals surface area contributed by atoms with E-state index in [1.807, 2.05) is 81.4 Å². The zero-order valence-corrected chi connectivity index (χ0v) is 35.5. The summed E-state index contributed by atoms with van der Waals surface area (Å²) < 4.78 is 56.2. The third-order valence-corrected chi connectivity index (χ3v) is 11.2. The van der Waals surface area contributed by atoms with Crippen molar-refractivity contribution < 1.29 is 46.9 Å². The summed E-state index contributed by atoms with van der Waals surface area (Å²) in [5.41, 5.74) is 3.37. The van der Waals surface area contributed by atoms with E-state index in [1.165, 1.54) is 4.90 Å². The average molecular weight is 880 g/mol. The van der Waals surface area contributed by atoms with Gasteiger partial charge in [-0.1, -0.05) is 42.5 Å². The highest BCUT2D eigenvalue weighted by atomic mass is 19.4. The molecule has 0 spiro atoms. The number of hydrogen-bond donors (Lipinski definition) is 2. The molecule has 0 aliphatic carbocycles. The van der Waals surface area contributed by atoms with E-state index in [-0.39, 0.29) is 55.1 Å². The van der Waals surface area contributed by atoms with Crippen LogP contribution in [0, 0.1) is 37.5 Å². The number of hydrogen-bond acceptors (Lipinski definition) is 13. The molecule has 3 aromatic heterocycles. The number of phenols is 1. The lowest BCUT2D eigenvalue weighted by atomic mass is 9.90. The zero-order valence-electron chi connectivity index (χ0n) is 35.5. The highest BCUT2D eigenvalue weighted by Crippen LogP contribution is 2.34. The minimum atomic E-state index is -4.61. The van der Waals surface area contributed by atoms with Gasteiger partial charge in [0.15, 0.2) is 0 Å². The van der Waals surface area contributed by atoms with E-state index in [4.69, 9.17) is 13.9 Å². The lowest BCUT2D eigenvalue weighted by molar-refractivity contribution is -0.148. The van der Waals surface area contributed by atoms with Crippen LogP contribution in [0.15, 0.2) is 108 Å². The van der Waals surface area contributed by atoms with Gasteiger partial charge >= 0.3 is 18.1 Å². The van der Waals surface area contributed by atoms with Gasteiger partial charge in [0.2, 0.25) is 17.8 Å². The molecule has 0 radical (unpaired) electrons. The second-order valence-electron chi connectivity index (χ2n) is 15.8. The molecule has 2 saturated heterocycles. The molecule has 2 N–H and O–H groups in total. The predicted molar refractivity (Wildman–Crippen MR) is 229 cm³/mol. The smallest absolute Gasteiger partial charge is 0.433 e. The first-order valence-electron chi connectivity index (χ1n) is 20.8. The lowest BCUT2D eigenvalue weighted by Crippen LogP contribution is -2.27. The molecule has 14 nitrogen and oxygen atoms in total. The molecule has 0 unspecified atom stereocenters. The number of esters is 1. The molecule has 0 amide bonds. The van der Waals surface area contributed by atoms with Gasteiger partial charge in [-0.2, -0.15) is 13.2 Å². The summed E-state index contributed by atoms with van der Waals surface area (Å²) in [6, 6.07) is 26.6. The van der Waals surface area contributed by atoms with E-state index in [0.717, 1.165) is 41.1 Å². The number of carboxylic acid groups (broad SMARTS) is 1. The highest BCUT2D eigenvalue weighted by molar-refractivity contribution is 5.75. The van der Waals surface area contributed by atoms with Crippen molar-refractivity contribution in [1.82, 2.24) is 24.9 Å². The van der Waals surface area contributed by atoms with Gasteiger partial charge in [0, 0.05) is 49.8 Å². The summed E-state index contributed by atoms with van der Waals surface area (Å²) in [6.45, 7) is 7.70. The van der Waals surface area contributed by atoms with Crippen LogP contribution >= 0.6 is 0 Å². The number of aryl methyl sites for hydroxylation is 2. The molecule has 334 valence electrons. The van der Waals surface area contributed by atoms with E-state index < -0.39 is 23.8 Å². The van der Waals surface area contributed by atoms with Crippen LogP contribution in [-0.2, 0) is 40.0 Å². The van der Waals surface area contributed by atoms with Crippen molar-refractivity contribution in [2.45, 2.75) is 46.4 Å². The number of anilines is 2. The number of nitrogens with zero attached hydrogens (tertiary/aromatic N) is 7. The molecule has 3 aromatic carbocycles. The third-order valence-electron chi connectivity index (χ3n) is 11.2. The van der Waals surface area contributed by atoms with Gasteiger partial charge in [-0.05, 0) is 105 Å². The number of ether oxygens (including phenoxy) is 2. The maximum absolute atomic E-state index is 13.1. The standard InChI is InChI=1S/C28H25F3N4O4.C19H23N3O3/c1-17-23(33-25(39-17)19-5-3-2-4-6-19)16-38-21-9-7-18(8-10-21)13-20-14-35(15-22(20)26(36)37)27-32-12-11-24(34-27)28(29,30)31;1-3-25-18(24)17-12-22(19-20-9-8-13(2)21-19)11-15(17)10-14-4-6-16(23)7-5-14/h2-12,20,22H,13-16H2,1H3,(H,36,37);4-9,15,17,23H,3,10-12H2,1-2H3/t20-,22+;15-,17+/m11/s1. The number of aliphatic carboxylic acids is 1. The van der Waals surface area contributed by atoms with E-state index >= 15 is 0 Å². The van der Waals surface area contributed by atoms with Crippen molar-refractivity contribution in [2.24, 2.45) is 23.7 Å². The minimum Gasteiger partial charge on any atom is -0.508 e. The summed E-state index contributed by atoms with van der Waals surface area (Å²) >= 11 is 0.